The third-order valence-electron chi connectivity index (χ3n) is 14.9. The number of rotatable bonds is 55. The van der Waals surface area contributed by atoms with Crippen LogP contribution >= 0.6 is 0 Å². The van der Waals surface area contributed by atoms with Gasteiger partial charge in [0.1, 0.15) is 24.4 Å². The SMILES string of the molecule is CCCC/C=C\CCCCCCCC(=O)OCCCCCCCCCCCCCC/C=C\CCCCCCCCCCC(=O)NC(COC1OC(CO)C(O)C(O)C1O)C(O)/C=C/CC/C=C/CCCCCCCCC. The molecule has 1 heterocycles. The van der Waals surface area contributed by atoms with E-state index in [4.69, 9.17) is 14.2 Å². The molecule has 0 bridgehead atoms. The van der Waals surface area contributed by atoms with Crippen molar-refractivity contribution in [1.29, 1.82) is 0 Å². The van der Waals surface area contributed by atoms with Crippen LogP contribution in [-0.4, -0.2) is 100 Å². The van der Waals surface area contributed by atoms with E-state index in [9.17, 15) is 35.1 Å². The van der Waals surface area contributed by atoms with Crippen LogP contribution in [0.2, 0.25) is 0 Å². The zero-order valence-electron chi connectivity index (χ0n) is 49.0. The maximum absolute atomic E-state index is 13.0. The van der Waals surface area contributed by atoms with Crippen LogP contribution in [0.25, 0.3) is 0 Å². The molecular formula is C65H119NO10. The minimum absolute atomic E-state index is 0.0105. The van der Waals surface area contributed by atoms with Crippen molar-refractivity contribution in [3.05, 3.63) is 48.6 Å². The van der Waals surface area contributed by atoms with Gasteiger partial charge in [-0.3, -0.25) is 9.59 Å². The van der Waals surface area contributed by atoms with Crippen molar-refractivity contribution >= 4 is 11.9 Å². The molecule has 0 radical (unpaired) electrons. The van der Waals surface area contributed by atoms with Gasteiger partial charge in [0.25, 0.3) is 0 Å². The molecule has 1 saturated heterocycles. The first kappa shape index (κ1) is 71.6. The van der Waals surface area contributed by atoms with Gasteiger partial charge in [-0.25, -0.2) is 0 Å². The highest BCUT2D eigenvalue weighted by atomic mass is 16.7. The van der Waals surface area contributed by atoms with Crippen LogP contribution in [0, 0.1) is 0 Å². The molecule has 444 valence electrons. The zero-order chi connectivity index (χ0) is 55.2. The monoisotopic (exact) mass is 1070 g/mol. The molecule has 11 nitrogen and oxygen atoms in total. The van der Waals surface area contributed by atoms with Gasteiger partial charge in [-0.05, 0) is 89.9 Å². The molecule has 11 heteroatoms. The summed E-state index contributed by atoms with van der Waals surface area (Å²) in [5, 5.41) is 54.4. The third-order valence-corrected chi connectivity index (χ3v) is 14.9. The smallest absolute Gasteiger partial charge is 0.305 e. The van der Waals surface area contributed by atoms with E-state index in [1.807, 2.05) is 6.08 Å². The van der Waals surface area contributed by atoms with Crippen LogP contribution in [0.15, 0.2) is 48.6 Å². The number of aliphatic hydroxyl groups excluding tert-OH is 5. The number of ether oxygens (including phenoxy) is 3. The number of hydrogen-bond acceptors (Lipinski definition) is 10. The van der Waals surface area contributed by atoms with Crippen LogP contribution < -0.4 is 5.32 Å². The maximum atomic E-state index is 13.0. The second-order valence-corrected chi connectivity index (χ2v) is 22.1. The van der Waals surface area contributed by atoms with Crippen molar-refractivity contribution in [2.24, 2.45) is 0 Å². The summed E-state index contributed by atoms with van der Waals surface area (Å²) >= 11 is 0. The van der Waals surface area contributed by atoms with Gasteiger partial charge in [-0.1, -0.05) is 236 Å². The Labute approximate surface area is 466 Å². The summed E-state index contributed by atoms with van der Waals surface area (Å²) in [7, 11) is 0. The third kappa shape index (κ3) is 43.5. The van der Waals surface area contributed by atoms with E-state index in [-0.39, 0.29) is 18.5 Å². The van der Waals surface area contributed by atoms with Crippen LogP contribution in [0.3, 0.4) is 0 Å². The topological polar surface area (TPSA) is 175 Å². The number of aliphatic hydroxyl groups is 5. The Morgan fingerprint density at radius 1 is 0.474 bits per heavy atom. The summed E-state index contributed by atoms with van der Waals surface area (Å²) in [5.41, 5.74) is 0. The molecule has 0 aromatic heterocycles. The van der Waals surface area contributed by atoms with E-state index in [2.05, 4.69) is 55.6 Å². The first-order chi connectivity index (χ1) is 37.2. The predicted octanol–water partition coefficient (Wildman–Crippen LogP) is 15.2. The van der Waals surface area contributed by atoms with Crippen LogP contribution in [-0.2, 0) is 23.8 Å². The number of hydrogen-bond donors (Lipinski definition) is 6. The highest BCUT2D eigenvalue weighted by Crippen LogP contribution is 2.23. The standard InChI is InChI=1S/C65H119NO10/c1-3-5-7-9-11-13-15-28-32-35-39-43-47-51-58(68)57(56-75-65-64(73)63(72)62(71)59(55-67)76-65)66-60(69)52-48-44-40-36-33-29-26-24-22-20-18-16-17-19-21-23-25-27-30-34-38-42-46-50-54-74-61(70)53-49-45-41-37-31-14-12-10-8-6-4-2/h10,12,18,20,32,35,47,51,57-59,62-65,67-68,71-73H,3-9,11,13-17,19,21-31,33-34,36-46,48-50,52-56H2,1-2H3,(H,66,69)/b12-10-,20-18-,35-32+,51-47+. The molecule has 7 atom stereocenters. The molecule has 0 saturated carbocycles. The van der Waals surface area contributed by atoms with Gasteiger partial charge in [0, 0.05) is 12.8 Å². The summed E-state index contributed by atoms with van der Waals surface area (Å²) in [6.45, 7) is 4.28. The van der Waals surface area contributed by atoms with Gasteiger partial charge in [-0.2, -0.15) is 0 Å². The average molecular weight is 1070 g/mol. The lowest BCUT2D eigenvalue weighted by Gasteiger charge is -2.40. The van der Waals surface area contributed by atoms with Crippen LogP contribution in [0.4, 0.5) is 0 Å². The van der Waals surface area contributed by atoms with Gasteiger partial charge in [0.15, 0.2) is 6.29 Å². The van der Waals surface area contributed by atoms with Crippen molar-refractivity contribution in [1.82, 2.24) is 5.32 Å². The molecule has 1 aliphatic rings. The minimum atomic E-state index is -1.58. The number of amides is 1. The van der Waals surface area contributed by atoms with Gasteiger partial charge in [0.2, 0.25) is 5.91 Å². The summed E-state index contributed by atoms with van der Waals surface area (Å²) in [6.07, 6.45) is 59.3. The van der Waals surface area contributed by atoms with Crippen molar-refractivity contribution < 1.29 is 49.3 Å². The van der Waals surface area contributed by atoms with Gasteiger partial charge in [0.05, 0.1) is 32.0 Å². The van der Waals surface area contributed by atoms with Crippen molar-refractivity contribution in [3.8, 4) is 0 Å². The van der Waals surface area contributed by atoms with Gasteiger partial charge >= 0.3 is 5.97 Å². The summed E-state index contributed by atoms with van der Waals surface area (Å²) in [5.74, 6) is -0.207. The average Bonchev–Trinajstić information content (AvgIpc) is 3.42. The summed E-state index contributed by atoms with van der Waals surface area (Å²) in [4.78, 5) is 25.0. The first-order valence-electron chi connectivity index (χ1n) is 31.9. The molecule has 1 aliphatic heterocycles. The molecule has 7 unspecified atom stereocenters. The lowest BCUT2D eigenvalue weighted by molar-refractivity contribution is -0.302. The van der Waals surface area contributed by atoms with Crippen LogP contribution in [0.5, 0.6) is 0 Å². The molecule has 1 rings (SSSR count). The number of carbonyl (C=O) groups is 2. The summed E-state index contributed by atoms with van der Waals surface area (Å²) < 4.78 is 16.7. The van der Waals surface area contributed by atoms with E-state index in [1.165, 1.54) is 193 Å². The lowest BCUT2D eigenvalue weighted by Crippen LogP contribution is -2.60. The second-order valence-electron chi connectivity index (χ2n) is 22.1. The Morgan fingerprint density at radius 2 is 0.868 bits per heavy atom. The fourth-order valence-corrected chi connectivity index (χ4v) is 9.78. The maximum Gasteiger partial charge on any atom is 0.305 e. The van der Waals surface area contributed by atoms with E-state index in [0.29, 0.717) is 19.4 Å². The second kappa shape index (κ2) is 54.6. The van der Waals surface area contributed by atoms with Crippen molar-refractivity contribution in [3.63, 3.8) is 0 Å². The van der Waals surface area contributed by atoms with Crippen LogP contribution in [0.1, 0.15) is 290 Å². The quantitative estimate of drug-likeness (QED) is 0.0195. The molecule has 1 amide bonds. The minimum Gasteiger partial charge on any atom is -0.466 e. The molecular weight excluding hydrogens is 955 g/mol. The molecule has 0 aliphatic carbocycles. The Kier molecular flexibility index (Phi) is 51.4. The highest BCUT2D eigenvalue weighted by molar-refractivity contribution is 5.76. The van der Waals surface area contributed by atoms with Crippen molar-refractivity contribution in [2.75, 3.05) is 19.8 Å². The molecule has 0 aromatic rings. The van der Waals surface area contributed by atoms with Crippen molar-refractivity contribution in [2.45, 2.75) is 333 Å². The number of esters is 1. The Morgan fingerprint density at radius 3 is 1.34 bits per heavy atom. The van der Waals surface area contributed by atoms with E-state index in [0.717, 1.165) is 70.6 Å². The largest absolute Gasteiger partial charge is 0.466 e. The molecule has 76 heavy (non-hydrogen) atoms. The molecule has 1 fully saturated rings. The Bertz CT molecular complexity index is 1400. The van der Waals surface area contributed by atoms with Gasteiger partial charge in [-0.15, -0.1) is 0 Å². The van der Waals surface area contributed by atoms with E-state index >= 15 is 0 Å². The molecule has 6 N–H and O–H groups in total. The normalized spacial score (nSPS) is 19.0. The zero-order valence-corrected chi connectivity index (χ0v) is 49.0. The first-order valence-corrected chi connectivity index (χ1v) is 31.9. The number of carbonyl (C=O) groups excluding carboxylic acids is 2. The van der Waals surface area contributed by atoms with E-state index in [1.54, 1.807) is 6.08 Å². The number of allylic oxidation sites excluding steroid dienone is 7. The molecule has 0 spiro atoms. The highest BCUT2D eigenvalue weighted by Gasteiger charge is 2.44. The van der Waals surface area contributed by atoms with E-state index < -0.39 is 49.5 Å². The Hall–Kier alpha value is -2.38. The molecule has 0 aromatic carbocycles. The predicted molar refractivity (Wildman–Crippen MR) is 315 cm³/mol. The number of nitrogens with one attached hydrogen (secondary N) is 1. The van der Waals surface area contributed by atoms with Gasteiger partial charge < -0.3 is 45.1 Å². The Balaban J connectivity index is 2.06. The fraction of sp³-hybridized carbons (Fsp3) is 0.846. The fourth-order valence-electron chi connectivity index (χ4n) is 9.78. The number of unbranched alkanes of at least 4 members (excludes halogenated alkanes) is 35. The lowest BCUT2D eigenvalue weighted by atomic mass is 9.99. The summed E-state index contributed by atoms with van der Waals surface area (Å²) in [6, 6.07) is -0.831.